The molecule has 1 aromatic rings. The van der Waals surface area contributed by atoms with Crippen molar-refractivity contribution in [2.75, 3.05) is 12.0 Å². The molecular formula is C8H10N2OS. The standard InChI is InChI=1S/C8H10N2OS/c1-12-6-4-2-3-5(7(6)9)8(10)11/h2-4H,9H2,1H3,(H2,10,11). The lowest BCUT2D eigenvalue weighted by atomic mass is 10.2. The van der Waals surface area contributed by atoms with Crippen LogP contribution in [0.4, 0.5) is 5.69 Å². The van der Waals surface area contributed by atoms with Crippen LogP contribution in [0.3, 0.4) is 0 Å². The zero-order chi connectivity index (χ0) is 9.14. The van der Waals surface area contributed by atoms with Crippen LogP contribution in [0.15, 0.2) is 23.1 Å². The van der Waals surface area contributed by atoms with Crippen LogP contribution in [-0.4, -0.2) is 12.2 Å². The number of rotatable bonds is 2. The van der Waals surface area contributed by atoms with E-state index in [0.717, 1.165) is 4.90 Å². The molecule has 0 saturated carbocycles. The van der Waals surface area contributed by atoms with Crippen LogP contribution in [0.5, 0.6) is 0 Å². The van der Waals surface area contributed by atoms with Crippen LogP contribution in [0.1, 0.15) is 10.4 Å². The second-order valence-corrected chi connectivity index (χ2v) is 3.13. The Morgan fingerprint density at radius 2 is 2.17 bits per heavy atom. The number of benzene rings is 1. The van der Waals surface area contributed by atoms with Gasteiger partial charge in [-0.05, 0) is 18.4 Å². The summed E-state index contributed by atoms with van der Waals surface area (Å²) >= 11 is 1.49. The lowest BCUT2D eigenvalue weighted by Gasteiger charge is -2.05. The largest absolute Gasteiger partial charge is 0.397 e. The van der Waals surface area contributed by atoms with Gasteiger partial charge in [-0.25, -0.2) is 0 Å². The third-order valence-electron chi connectivity index (χ3n) is 1.55. The molecule has 64 valence electrons. The van der Waals surface area contributed by atoms with Crippen LogP contribution in [0.2, 0.25) is 0 Å². The molecule has 0 heterocycles. The van der Waals surface area contributed by atoms with E-state index in [1.165, 1.54) is 11.8 Å². The van der Waals surface area contributed by atoms with E-state index in [1.54, 1.807) is 12.1 Å². The van der Waals surface area contributed by atoms with Crippen LogP contribution in [0.25, 0.3) is 0 Å². The number of para-hydroxylation sites is 1. The molecule has 4 heteroatoms. The second kappa shape index (κ2) is 3.49. The zero-order valence-electron chi connectivity index (χ0n) is 6.70. The number of hydrogen-bond donors (Lipinski definition) is 2. The van der Waals surface area contributed by atoms with E-state index in [9.17, 15) is 4.79 Å². The smallest absolute Gasteiger partial charge is 0.250 e. The first kappa shape index (κ1) is 8.93. The van der Waals surface area contributed by atoms with E-state index >= 15 is 0 Å². The Bertz CT molecular complexity index is 312. The van der Waals surface area contributed by atoms with Crippen molar-refractivity contribution in [1.29, 1.82) is 0 Å². The highest BCUT2D eigenvalue weighted by atomic mass is 32.2. The summed E-state index contributed by atoms with van der Waals surface area (Å²) in [6, 6.07) is 5.24. The van der Waals surface area contributed by atoms with Gasteiger partial charge in [0.1, 0.15) is 0 Å². The Morgan fingerprint density at radius 3 is 2.67 bits per heavy atom. The number of nitrogens with two attached hydrogens (primary N) is 2. The molecule has 0 aliphatic heterocycles. The molecule has 0 unspecified atom stereocenters. The van der Waals surface area contributed by atoms with Gasteiger partial charge >= 0.3 is 0 Å². The summed E-state index contributed by atoms with van der Waals surface area (Å²) in [5.74, 6) is -0.483. The molecule has 1 rings (SSSR count). The molecule has 0 aliphatic rings. The molecule has 0 aliphatic carbocycles. The van der Waals surface area contributed by atoms with Crippen molar-refractivity contribution in [3.8, 4) is 0 Å². The first-order valence-electron chi connectivity index (χ1n) is 3.39. The van der Waals surface area contributed by atoms with Gasteiger partial charge in [-0.3, -0.25) is 4.79 Å². The Morgan fingerprint density at radius 1 is 1.50 bits per heavy atom. The summed E-state index contributed by atoms with van der Waals surface area (Å²) in [6.45, 7) is 0. The molecule has 0 bridgehead atoms. The van der Waals surface area contributed by atoms with E-state index in [4.69, 9.17) is 11.5 Å². The molecule has 3 nitrogen and oxygen atoms in total. The molecule has 1 aromatic carbocycles. The Balaban J connectivity index is 3.23. The predicted octanol–water partition coefficient (Wildman–Crippen LogP) is 1.09. The number of hydrogen-bond acceptors (Lipinski definition) is 3. The van der Waals surface area contributed by atoms with E-state index in [2.05, 4.69) is 0 Å². The summed E-state index contributed by atoms with van der Waals surface area (Å²) in [5, 5.41) is 0. The minimum Gasteiger partial charge on any atom is -0.397 e. The van der Waals surface area contributed by atoms with Crippen molar-refractivity contribution in [2.45, 2.75) is 4.90 Å². The second-order valence-electron chi connectivity index (χ2n) is 2.29. The van der Waals surface area contributed by atoms with Gasteiger partial charge in [-0.15, -0.1) is 11.8 Å². The van der Waals surface area contributed by atoms with Crippen LogP contribution >= 0.6 is 11.8 Å². The minimum atomic E-state index is -0.483. The quantitative estimate of drug-likeness (QED) is 0.531. The summed E-state index contributed by atoms with van der Waals surface area (Å²) < 4.78 is 0. The molecular weight excluding hydrogens is 172 g/mol. The average molecular weight is 182 g/mol. The maximum atomic E-state index is 10.8. The monoisotopic (exact) mass is 182 g/mol. The average Bonchev–Trinajstić information content (AvgIpc) is 2.04. The number of nitrogen functional groups attached to an aromatic ring is 1. The molecule has 0 aromatic heterocycles. The number of anilines is 1. The number of carbonyl (C=O) groups is 1. The first-order chi connectivity index (χ1) is 5.66. The fraction of sp³-hybridized carbons (Fsp3) is 0.125. The van der Waals surface area contributed by atoms with Gasteiger partial charge in [0, 0.05) is 4.90 Å². The van der Waals surface area contributed by atoms with Crippen molar-refractivity contribution < 1.29 is 4.79 Å². The van der Waals surface area contributed by atoms with E-state index in [1.807, 2.05) is 12.3 Å². The molecule has 0 spiro atoms. The summed E-state index contributed by atoms with van der Waals surface area (Å²) in [4.78, 5) is 11.7. The van der Waals surface area contributed by atoms with Crippen LogP contribution < -0.4 is 11.5 Å². The Labute approximate surface area is 75.1 Å². The van der Waals surface area contributed by atoms with Crippen molar-refractivity contribution in [3.05, 3.63) is 23.8 Å². The van der Waals surface area contributed by atoms with Crippen molar-refractivity contribution in [1.82, 2.24) is 0 Å². The highest BCUT2D eigenvalue weighted by Gasteiger charge is 2.07. The SMILES string of the molecule is CSc1cccc(C(N)=O)c1N. The van der Waals surface area contributed by atoms with Crippen molar-refractivity contribution >= 4 is 23.4 Å². The van der Waals surface area contributed by atoms with Gasteiger partial charge in [-0.1, -0.05) is 6.07 Å². The summed E-state index contributed by atoms with van der Waals surface area (Å²) in [7, 11) is 0. The van der Waals surface area contributed by atoms with E-state index < -0.39 is 5.91 Å². The summed E-state index contributed by atoms with van der Waals surface area (Å²) in [6.07, 6.45) is 1.90. The number of amides is 1. The molecule has 0 atom stereocenters. The van der Waals surface area contributed by atoms with Gasteiger partial charge in [0.2, 0.25) is 0 Å². The Hall–Kier alpha value is -1.16. The van der Waals surface area contributed by atoms with Crippen molar-refractivity contribution in [3.63, 3.8) is 0 Å². The van der Waals surface area contributed by atoms with Gasteiger partial charge < -0.3 is 11.5 Å². The van der Waals surface area contributed by atoms with Crippen LogP contribution in [-0.2, 0) is 0 Å². The lowest BCUT2D eigenvalue weighted by molar-refractivity contribution is 0.100. The molecule has 0 saturated heterocycles. The maximum absolute atomic E-state index is 10.8. The third kappa shape index (κ3) is 1.53. The number of thioether (sulfide) groups is 1. The first-order valence-corrected chi connectivity index (χ1v) is 4.61. The Kier molecular flexibility index (Phi) is 2.60. The number of primary amides is 1. The van der Waals surface area contributed by atoms with Gasteiger partial charge in [0.05, 0.1) is 11.3 Å². The highest BCUT2D eigenvalue weighted by Crippen LogP contribution is 2.25. The van der Waals surface area contributed by atoms with Gasteiger partial charge in [0.15, 0.2) is 0 Å². The lowest BCUT2D eigenvalue weighted by Crippen LogP contribution is -2.13. The fourth-order valence-electron chi connectivity index (χ4n) is 0.937. The van der Waals surface area contributed by atoms with Gasteiger partial charge in [-0.2, -0.15) is 0 Å². The molecule has 0 fully saturated rings. The minimum absolute atomic E-state index is 0.391. The number of carbonyl (C=O) groups excluding carboxylic acids is 1. The topological polar surface area (TPSA) is 69.1 Å². The van der Waals surface area contributed by atoms with E-state index in [-0.39, 0.29) is 0 Å². The molecule has 4 N–H and O–H groups in total. The molecule has 12 heavy (non-hydrogen) atoms. The molecule has 1 amide bonds. The highest BCUT2D eigenvalue weighted by molar-refractivity contribution is 7.98. The third-order valence-corrected chi connectivity index (χ3v) is 2.35. The fourth-order valence-corrected chi connectivity index (χ4v) is 1.48. The van der Waals surface area contributed by atoms with E-state index in [0.29, 0.717) is 11.3 Å². The normalized spacial score (nSPS) is 9.75. The maximum Gasteiger partial charge on any atom is 0.250 e. The van der Waals surface area contributed by atoms with Crippen molar-refractivity contribution in [2.24, 2.45) is 5.73 Å². The summed E-state index contributed by atoms with van der Waals surface area (Å²) in [5.41, 5.74) is 11.6. The molecule has 0 radical (unpaired) electrons. The van der Waals surface area contributed by atoms with Crippen LogP contribution in [0, 0.1) is 0 Å². The van der Waals surface area contributed by atoms with Gasteiger partial charge in [0.25, 0.3) is 5.91 Å². The zero-order valence-corrected chi connectivity index (χ0v) is 7.52. The predicted molar refractivity (Wildman–Crippen MR) is 51.2 cm³/mol.